The fraction of sp³-hybridized carbons (Fsp3) is 0.500. The van der Waals surface area contributed by atoms with Crippen LogP contribution in [0.15, 0.2) is 24.7 Å². The second-order valence-corrected chi connectivity index (χ2v) is 6.28. The third-order valence-corrected chi connectivity index (χ3v) is 4.58. The summed E-state index contributed by atoms with van der Waals surface area (Å²) in [6.45, 7) is 4.88. The van der Waals surface area contributed by atoms with Gasteiger partial charge in [0.2, 0.25) is 5.91 Å². The third-order valence-electron chi connectivity index (χ3n) is 4.36. The van der Waals surface area contributed by atoms with Crippen molar-refractivity contribution in [3.8, 4) is 0 Å². The molecule has 7 nitrogen and oxygen atoms in total. The minimum Gasteiger partial charge on any atom is -0.357 e. The van der Waals surface area contributed by atoms with Crippen LogP contribution in [0.1, 0.15) is 25.6 Å². The topological polar surface area (TPSA) is 75.9 Å². The summed E-state index contributed by atoms with van der Waals surface area (Å²) in [7, 11) is 0. The maximum Gasteiger partial charge on any atom is 0.223 e. The van der Waals surface area contributed by atoms with Gasteiger partial charge in [-0.3, -0.25) is 4.79 Å². The van der Waals surface area contributed by atoms with Crippen molar-refractivity contribution in [3.05, 3.63) is 35.5 Å². The molecule has 1 N–H and O–H groups in total. The van der Waals surface area contributed by atoms with Gasteiger partial charge >= 0.3 is 0 Å². The SMILES string of the molecule is CCn1cnnc1CNC(=O)C1CCN(c2ccc(Cl)cn2)CC1. The van der Waals surface area contributed by atoms with E-state index in [-0.39, 0.29) is 11.8 Å². The molecule has 128 valence electrons. The number of hydrogen-bond donors (Lipinski definition) is 1. The van der Waals surface area contributed by atoms with Gasteiger partial charge in [-0.1, -0.05) is 11.6 Å². The molecule has 0 atom stereocenters. The number of anilines is 1. The number of piperidine rings is 1. The van der Waals surface area contributed by atoms with Gasteiger partial charge in [-0.2, -0.15) is 0 Å². The van der Waals surface area contributed by atoms with Crippen LogP contribution in [-0.2, 0) is 17.9 Å². The van der Waals surface area contributed by atoms with Crippen molar-refractivity contribution in [3.63, 3.8) is 0 Å². The zero-order valence-corrected chi connectivity index (χ0v) is 14.4. The highest BCUT2D eigenvalue weighted by molar-refractivity contribution is 6.30. The van der Waals surface area contributed by atoms with Crippen molar-refractivity contribution < 1.29 is 4.79 Å². The number of rotatable bonds is 5. The number of aryl methyl sites for hydroxylation is 1. The normalized spacial score (nSPS) is 15.5. The smallest absolute Gasteiger partial charge is 0.223 e. The molecular formula is C16H21ClN6O. The quantitative estimate of drug-likeness (QED) is 0.892. The summed E-state index contributed by atoms with van der Waals surface area (Å²) in [6, 6.07) is 3.76. The number of nitrogens with zero attached hydrogens (tertiary/aromatic N) is 5. The molecule has 1 amide bonds. The first kappa shape index (κ1) is 16.7. The molecule has 0 aromatic carbocycles. The maximum atomic E-state index is 12.4. The van der Waals surface area contributed by atoms with E-state index in [9.17, 15) is 4.79 Å². The van der Waals surface area contributed by atoms with Gasteiger partial charge in [0.05, 0.1) is 11.6 Å². The molecule has 0 saturated carbocycles. The Morgan fingerprint density at radius 1 is 1.38 bits per heavy atom. The lowest BCUT2D eigenvalue weighted by molar-refractivity contribution is -0.125. The first-order chi connectivity index (χ1) is 11.7. The third kappa shape index (κ3) is 3.84. The molecule has 0 aliphatic carbocycles. The summed E-state index contributed by atoms with van der Waals surface area (Å²) in [6.07, 6.45) is 4.96. The molecule has 0 radical (unpaired) electrons. The van der Waals surface area contributed by atoms with Crippen LogP contribution in [0.5, 0.6) is 0 Å². The van der Waals surface area contributed by atoms with E-state index in [0.29, 0.717) is 11.6 Å². The predicted octanol–water partition coefficient (Wildman–Crippen LogP) is 1.88. The van der Waals surface area contributed by atoms with E-state index < -0.39 is 0 Å². The minimum atomic E-state index is 0.0338. The molecular weight excluding hydrogens is 328 g/mol. The Hall–Kier alpha value is -2.15. The molecule has 2 aromatic heterocycles. The first-order valence-electron chi connectivity index (χ1n) is 8.18. The summed E-state index contributed by atoms with van der Waals surface area (Å²) >= 11 is 5.87. The molecule has 3 rings (SSSR count). The number of hydrogen-bond acceptors (Lipinski definition) is 5. The van der Waals surface area contributed by atoms with Gasteiger partial charge in [0.1, 0.15) is 12.1 Å². The monoisotopic (exact) mass is 348 g/mol. The Kier molecular flexibility index (Phi) is 5.30. The molecule has 1 fully saturated rings. The molecule has 1 saturated heterocycles. The number of carbonyl (C=O) groups is 1. The average molecular weight is 349 g/mol. The van der Waals surface area contributed by atoms with Gasteiger partial charge in [-0.15, -0.1) is 10.2 Å². The number of aromatic nitrogens is 4. The van der Waals surface area contributed by atoms with E-state index in [4.69, 9.17) is 11.6 Å². The number of amides is 1. The van der Waals surface area contributed by atoms with Crippen LogP contribution in [0.2, 0.25) is 5.02 Å². The minimum absolute atomic E-state index is 0.0338. The van der Waals surface area contributed by atoms with Crippen molar-refractivity contribution in [1.82, 2.24) is 25.1 Å². The van der Waals surface area contributed by atoms with Gasteiger partial charge in [-0.05, 0) is 31.9 Å². The first-order valence-corrected chi connectivity index (χ1v) is 8.56. The number of pyridine rings is 1. The van der Waals surface area contributed by atoms with Crippen LogP contribution in [0.4, 0.5) is 5.82 Å². The van der Waals surface area contributed by atoms with Crippen molar-refractivity contribution in [2.45, 2.75) is 32.9 Å². The van der Waals surface area contributed by atoms with Crippen LogP contribution in [0.3, 0.4) is 0 Å². The fourth-order valence-corrected chi connectivity index (χ4v) is 3.03. The highest BCUT2D eigenvalue weighted by Gasteiger charge is 2.25. The molecule has 1 aliphatic rings. The van der Waals surface area contributed by atoms with Crippen LogP contribution in [0.25, 0.3) is 0 Å². The summed E-state index contributed by atoms with van der Waals surface area (Å²) in [5.74, 6) is 1.82. The average Bonchev–Trinajstić information content (AvgIpc) is 3.08. The summed E-state index contributed by atoms with van der Waals surface area (Å²) in [4.78, 5) is 18.9. The summed E-state index contributed by atoms with van der Waals surface area (Å²) in [5, 5.41) is 11.5. The zero-order chi connectivity index (χ0) is 16.9. The largest absolute Gasteiger partial charge is 0.357 e. The van der Waals surface area contributed by atoms with E-state index in [2.05, 4.69) is 25.4 Å². The second kappa shape index (κ2) is 7.61. The van der Waals surface area contributed by atoms with Crippen LogP contribution < -0.4 is 10.2 Å². The maximum absolute atomic E-state index is 12.4. The highest BCUT2D eigenvalue weighted by Crippen LogP contribution is 2.22. The second-order valence-electron chi connectivity index (χ2n) is 5.85. The van der Waals surface area contributed by atoms with Crippen molar-refractivity contribution in [2.24, 2.45) is 5.92 Å². The summed E-state index contributed by atoms with van der Waals surface area (Å²) in [5.41, 5.74) is 0. The predicted molar refractivity (Wildman–Crippen MR) is 91.7 cm³/mol. The highest BCUT2D eigenvalue weighted by atomic mass is 35.5. The lowest BCUT2D eigenvalue weighted by Crippen LogP contribution is -2.40. The molecule has 3 heterocycles. The standard InChI is InChI=1S/C16H21ClN6O/c1-2-22-11-20-21-15(22)10-19-16(24)12-5-7-23(8-6-12)14-4-3-13(17)9-18-14/h3-4,9,11-12H,2,5-8,10H2,1H3,(H,19,24). The molecule has 1 aliphatic heterocycles. The number of carbonyl (C=O) groups excluding carboxylic acids is 1. The van der Waals surface area contributed by atoms with Crippen LogP contribution in [0, 0.1) is 5.92 Å². The van der Waals surface area contributed by atoms with Crippen molar-refractivity contribution in [2.75, 3.05) is 18.0 Å². The molecule has 0 bridgehead atoms. The Balaban J connectivity index is 1.49. The Morgan fingerprint density at radius 2 is 2.17 bits per heavy atom. The Bertz CT molecular complexity index is 678. The van der Waals surface area contributed by atoms with Crippen molar-refractivity contribution >= 4 is 23.3 Å². The lowest BCUT2D eigenvalue weighted by atomic mass is 9.96. The number of halogens is 1. The van der Waals surface area contributed by atoms with Gasteiger partial charge in [0.25, 0.3) is 0 Å². The molecule has 0 spiro atoms. The van der Waals surface area contributed by atoms with E-state index in [0.717, 1.165) is 44.1 Å². The molecule has 8 heteroatoms. The molecule has 0 unspecified atom stereocenters. The van der Waals surface area contributed by atoms with Gasteiger partial charge < -0.3 is 14.8 Å². The molecule has 2 aromatic rings. The Morgan fingerprint density at radius 3 is 2.83 bits per heavy atom. The van der Waals surface area contributed by atoms with Gasteiger partial charge in [-0.25, -0.2) is 4.98 Å². The Labute approximate surface area is 146 Å². The summed E-state index contributed by atoms with van der Waals surface area (Å²) < 4.78 is 1.93. The van der Waals surface area contributed by atoms with Crippen molar-refractivity contribution in [1.29, 1.82) is 0 Å². The van der Waals surface area contributed by atoms with Gasteiger partial charge in [0, 0.05) is 31.7 Å². The van der Waals surface area contributed by atoms with E-state index >= 15 is 0 Å². The van der Waals surface area contributed by atoms with Crippen LogP contribution >= 0.6 is 11.6 Å². The van der Waals surface area contributed by atoms with Gasteiger partial charge in [0.15, 0.2) is 5.82 Å². The van der Waals surface area contributed by atoms with E-state index in [1.165, 1.54) is 0 Å². The molecule has 24 heavy (non-hydrogen) atoms. The lowest BCUT2D eigenvalue weighted by Gasteiger charge is -2.32. The van der Waals surface area contributed by atoms with Crippen LogP contribution in [-0.4, -0.2) is 38.7 Å². The van der Waals surface area contributed by atoms with E-state index in [1.54, 1.807) is 12.5 Å². The van der Waals surface area contributed by atoms with E-state index in [1.807, 2.05) is 23.6 Å². The fourth-order valence-electron chi connectivity index (χ4n) is 2.92. The number of nitrogens with one attached hydrogen (secondary N) is 1. The zero-order valence-electron chi connectivity index (χ0n) is 13.7.